The molecule has 1 amide bonds. The van der Waals surface area contributed by atoms with E-state index in [4.69, 9.17) is 0 Å². The number of amides is 1. The van der Waals surface area contributed by atoms with E-state index in [-0.39, 0.29) is 30.0 Å². The second kappa shape index (κ2) is 5.93. The van der Waals surface area contributed by atoms with Gasteiger partial charge in [0.25, 0.3) is 0 Å². The molecule has 1 aromatic carbocycles. The minimum absolute atomic E-state index is 0.0521. The summed E-state index contributed by atoms with van der Waals surface area (Å²) in [6.07, 6.45) is 0.608. The maximum atomic E-state index is 11.9. The summed E-state index contributed by atoms with van der Waals surface area (Å²) in [7, 11) is -1.12. The van der Waals surface area contributed by atoms with Gasteiger partial charge < -0.3 is 5.32 Å². The van der Waals surface area contributed by atoms with Crippen LogP contribution in [0.4, 0.5) is 5.69 Å². The van der Waals surface area contributed by atoms with Crippen LogP contribution in [0.25, 0.3) is 0 Å². The van der Waals surface area contributed by atoms with Crippen molar-refractivity contribution in [1.29, 1.82) is 0 Å². The minimum atomic E-state index is -2.91. The number of benzene rings is 1. The van der Waals surface area contributed by atoms with Crippen LogP contribution in [0, 0.1) is 6.92 Å². The average Bonchev–Trinajstić information content (AvgIpc) is 2.73. The normalized spacial score (nSPS) is 21.1. The highest BCUT2D eigenvalue weighted by Crippen LogP contribution is 2.16. The number of rotatable bonds is 4. The van der Waals surface area contributed by atoms with E-state index in [2.05, 4.69) is 5.32 Å². The van der Waals surface area contributed by atoms with E-state index < -0.39 is 9.84 Å². The number of nitrogens with zero attached hydrogens (tertiary/aromatic N) is 1. The molecule has 2 rings (SSSR count). The van der Waals surface area contributed by atoms with E-state index in [1.54, 1.807) is 7.05 Å². The Balaban J connectivity index is 1.87. The van der Waals surface area contributed by atoms with E-state index in [1.165, 1.54) is 0 Å². The Morgan fingerprint density at radius 2 is 2.00 bits per heavy atom. The molecule has 0 saturated carbocycles. The molecule has 6 heteroatoms. The third kappa shape index (κ3) is 4.05. The van der Waals surface area contributed by atoms with Gasteiger partial charge in [0.05, 0.1) is 18.1 Å². The largest absolute Gasteiger partial charge is 0.325 e. The molecule has 1 atom stereocenters. The summed E-state index contributed by atoms with van der Waals surface area (Å²) in [4.78, 5) is 13.7. The number of hydrogen-bond donors (Lipinski definition) is 1. The van der Waals surface area contributed by atoms with Gasteiger partial charge in [0.2, 0.25) is 5.91 Å². The summed E-state index contributed by atoms with van der Waals surface area (Å²) in [5.74, 6) is 0.253. The van der Waals surface area contributed by atoms with Crippen LogP contribution in [-0.4, -0.2) is 50.4 Å². The molecule has 1 saturated heterocycles. The van der Waals surface area contributed by atoms with Crippen LogP contribution in [0.1, 0.15) is 12.0 Å². The van der Waals surface area contributed by atoms with Gasteiger partial charge in [-0.05, 0) is 32.5 Å². The summed E-state index contributed by atoms with van der Waals surface area (Å²) in [5, 5.41) is 2.81. The van der Waals surface area contributed by atoms with Crippen LogP contribution in [0.2, 0.25) is 0 Å². The zero-order valence-corrected chi connectivity index (χ0v) is 12.6. The van der Waals surface area contributed by atoms with Crippen molar-refractivity contribution in [2.75, 3.05) is 30.4 Å². The van der Waals surface area contributed by atoms with Crippen molar-refractivity contribution in [2.45, 2.75) is 19.4 Å². The number of nitrogens with one attached hydrogen (secondary N) is 1. The Hall–Kier alpha value is -1.40. The predicted molar refractivity (Wildman–Crippen MR) is 79.5 cm³/mol. The quantitative estimate of drug-likeness (QED) is 0.902. The molecule has 1 aliphatic rings. The van der Waals surface area contributed by atoms with E-state index in [0.29, 0.717) is 6.42 Å². The molecule has 1 heterocycles. The van der Waals surface area contributed by atoms with Crippen molar-refractivity contribution in [3.8, 4) is 0 Å². The molecule has 5 nitrogen and oxygen atoms in total. The first-order valence-electron chi connectivity index (χ1n) is 6.63. The van der Waals surface area contributed by atoms with Crippen LogP contribution in [-0.2, 0) is 14.6 Å². The standard InChI is InChI=1S/C14H20N2O3S/c1-11-3-5-12(6-4-11)15-14(17)9-16(2)13-7-8-20(18,19)10-13/h3-6,13H,7-10H2,1-2H3,(H,15,17)/t13-/m0/s1. The summed E-state index contributed by atoms with van der Waals surface area (Å²) in [6.45, 7) is 2.19. The van der Waals surface area contributed by atoms with Gasteiger partial charge in [0, 0.05) is 11.7 Å². The third-order valence-corrected chi connectivity index (χ3v) is 5.31. The molecule has 1 fully saturated rings. The predicted octanol–water partition coefficient (Wildman–Crippen LogP) is 1.05. The van der Waals surface area contributed by atoms with Gasteiger partial charge >= 0.3 is 0 Å². The molecule has 1 aromatic rings. The van der Waals surface area contributed by atoms with Crippen LogP contribution < -0.4 is 5.32 Å². The van der Waals surface area contributed by atoms with Gasteiger partial charge in [-0.15, -0.1) is 0 Å². The van der Waals surface area contributed by atoms with E-state index >= 15 is 0 Å². The lowest BCUT2D eigenvalue weighted by Gasteiger charge is -2.22. The Morgan fingerprint density at radius 1 is 1.35 bits per heavy atom. The molecule has 0 aromatic heterocycles. The van der Waals surface area contributed by atoms with Crippen molar-refractivity contribution >= 4 is 21.4 Å². The van der Waals surface area contributed by atoms with Crippen LogP contribution in [0.5, 0.6) is 0 Å². The number of anilines is 1. The van der Waals surface area contributed by atoms with Crippen molar-refractivity contribution in [3.63, 3.8) is 0 Å². The molecule has 110 valence electrons. The van der Waals surface area contributed by atoms with E-state index in [9.17, 15) is 13.2 Å². The Labute approximate surface area is 119 Å². The van der Waals surface area contributed by atoms with Crippen LogP contribution in [0.15, 0.2) is 24.3 Å². The third-order valence-electron chi connectivity index (χ3n) is 3.56. The van der Waals surface area contributed by atoms with Gasteiger partial charge in [0.15, 0.2) is 9.84 Å². The molecule has 0 spiro atoms. The number of sulfone groups is 1. The Morgan fingerprint density at radius 3 is 2.55 bits per heavy atom. The van der Waals surface area contributed by atoms with Gasteiger partial charge in [-0.1, -0.05) is 17.7 Å². The lowest BCUT2D eigenvalue weighted by atomic mass is 10.2. The molecule has 1 aliphatic heterocycles. The number of carbonyl (C=O) groups is 1. The monoisotopic (exact) mass is 296 g/mol. The molecule has 0 unspecified atom stereocenters. The molecule has 20 heavy (non-hydrogen) atoms. The van der Waals surface area contributed by atoms with Crippen LogP contribution >= 0.6 is 0 Å². The molecule has 0 aliphatic carbocycles. The molecular weight excluding hydrogens is 276 g/mol. The first-order chi connectivity index (χ1) is 9.35. The topological polar surface area (TPSA) is 66.5 Å². The minimum Gasteiger partial charge on any atom is -0.325 e. The first kappa shape index (κ1) is 15.0. The Kier molecular flexibility index (Phi) is 4.45. The second-order valence-corrected chi connectivity index (χ2v) is 7.61. The number of aryl methyl sites for hydroxylation is 1. The zero-order chi connectivity index (χ0) is 14.8. The fourth-order valence-corrected chi connectivity index (χ4v) is 4.12. The summed E-state index contributed by atoms with van der Waals surface area (Å²) < 4.78 is 22.9. The van der Waals surface area contributed by atoms with Crippen molar-refractivity contribution in [3.05, 3.63) is 29.8 Å². The average molecular weight is 296 g/mol. The summed E-state index contributed by atoms with van der Waals surface area (Å²) in [5.41, 5.74) is 1.89. The number of carbonyl (C=O) groups excluding carboxylic acids is 1. The second-order valence-electron chi connectivity index (χ2n) is 5.39. The summed E-state index contributed by atoms with van der Waals surface area (Å²) >= 11 is 0. The highest BCUT2D eigenvalue weighted by atomic mass is 32.2. The van der Waals surface area contributed by atoms with Crippen molar-refractivity contribution < 1.29 is 13.2 Å². The van der Waals surface area contributed by atoms with Gasteiger partial charge in [-0.2, -0.15) is 0 Å². The van der Waals surface area contributed by atoms with Crippen molar-refractivity contribution in [2.24, 2.45) is 0 Å². The highest BCUT2D eigenvalue weighted by Gasteiger charge is 2.31. The molecule has 0 radical (unpaired) electrons. The van der Waals surface area contributed by atoms with Crippen LogP contribution in [0.3, 0.4) is 0 Å². The Bertz CT molecular complexity index is 581. The number of hydrogen-bond acceptors (Lipinski definition) is 4. The maximum absolute atomic E-state index is 11.9. The lowest BCUT2D eigenvalue weighted by Crippen LogP contribution is -2.38. The SMILES string of the molecule is Cc1ccc(NC(=O)CN(C)[C@H]2CCS(=O)(=O)C2)cc1. The molecular formula is C14H20N2O3S. The lowest BCUT2D eigenvalue weighted by molar-refractivity contribution is -0.117. The van der Waals surface area contributed by atoms with E-state index in [0.717, 1.165) is 11.3 Å². The van der Waals surface area contributed by atoms with Gasteiger partial charge in [-0.3, -0.25) is 9.69 Å². The molecule has 0 bridgehead atoms. The van der Waals surface area contributed by atoms with Crippen molar-refractivity contribution in [1.82, 2.24) is 4.90 Å². The highest BCUT2D eigenvalue weighted by molar-refractivity contribution is 7.91. The number of likely N-dealkylation sites (N-methyl/N-ethyl adjacent to an activating group) is 1. The maximum Gasteiger partial charge on any atom is 0.238 e. The molecule has 1 N–H and O–H groups in total. The summed E-state index contributed by atoms with van der Waals surface area (Å²) in [6, 6.07) is 7.52. The van der Waals surface area contributed by atoms with Gasteiger partial charge in [-0.25, -0.2) is 8.42 Å². The fraction of sp³-hybridized carbons (Fsp3) is 0.500. The van der Waals surface area contributed by atoms with E-state index in [1.807, 2.05) is 36.1 Å². The fourth-order valence-electron chi connectivity index (χ4n) is 2.32. The zero-order valence-electron chi connectivity index (χ0n) is 11.8. The first-order valence-corrected chi connectivity index (χ1v) is 8.45. The van der Waals surface area contributed by atoms with Gasteiger partial charge in [0.1, 0.15) is 0 Å². The smallest absolute Gasteiger partial charge is 0.238 e.